The maximum Gasteiger partial charge on any atom is 0.418 e. The van der Waals surface area contributed by atoms with Gasteiger partial charge in [-0.25, -0.2) is 4.98 Å². The van der Waals surface area contributed by atoms with Crippen LogP contribution < -0.4 is 5.32 Å². The van der Waals surface area contributed by atoms with Gasteiger partial charge in [-0.1, -0.05) is 36.4 Å². The molecule has 4 aromatic rings. The molecular formula is C31H30F3N3O3. The Morgan fingerprint density at radius 2 is 1.65 bits per heavy atom. The summed E-state index contributed by atoms with van der Waals surface area (Å²) in [6.07, 6.45) is 3.38. The van der Waals surface area contributed by atoms with Crippen molar-refractivity contribution in [3.63, 3.8) is 0 Å². The van der Waals surface area contributed by atoms with Crippen molar-refractivity contribution >= 4 is 23.2 Å². The van der Waals surface area contributed by atoms with Gasteiger partial charge in [0.15, 0.2) is 0 Å². The topological polar surface area (TPSA) is 72.7 Å². The number of alkyl halides is 3. The van der Waals surface area contributed by atoms with E-state index in [-0.39, 0.29) is 17.4 Å². The van der Waals surface area contributed by atoms with E-state index >= 15 is 0 Å². The molecule has 2 heterocycles. The summed E-state index contributed by atoms with van der Waals surface area (Å²) in [4.78, 5) is 28.8. The number of ether oxygens (including phenoxy) is 1. The van der Waals surface area contributed by atoms with Crippen LogP contribution in [0.2, 0.25) is 0 Å². The number of nitrogens with one attached hydrogen (secondary N) is 1. The highest BCUT2D eigenvalue weighted by atomic mass is 19.4. The number of carbonyl (C=O) groups is 2. The number of esters is 1. The summed E-state index contributed by atoms with van der Waals surface area (Å²) in [7, 11) is 0. The zero-order valence-corrected chi connectivity index (χ0v) is 22.1. The predicted octanol–water partition coefficient (Wildman–Crippen LogP) is 7.50. The summed E-state index contributed by atoms with van der Waals surface area (Å²) in [6.45, 7) is 2.25. The van der Waals surface area contributed by atoms with Gasteiger partial charge in [-0.15, -0.1) is 0 Å². The minimum atomic E-state index is -4.59. The van der Waals surface area contributed by atoms with Crippen molar-refractivity contribution in [2.75, 3.05) is 11.9 Å². The quantitative estimate of drug-likeness (QED) is 0.242. The molecule has 6 nitrogen and oxygen atoms in total. The minimum absolute atomic E-state index is 0.0167. The van der Waals surface area contributed by atoms with E-state index in [9.17, 15) is 22.8 Å². The van der Waals surface area contributed by atoms with Crippen LogP contribution in [-0.4, -0.2) is 27.9 Å². The van der Waals surface area contributed by atoms with Crippen molar-refractivity contribution in [3.8, 4) is 11.1 Å². The lowest BCUT2D eigenvalue weighted by molar-refractivity contribution is -0.144. The number of para-hydroxylation sites is 1. The first kappa shape index (κ1) is 27.4. The van der Waals surface area contributed by atoms with Crippen molar-refractivity contribution < 1.29 is 27.5 Å². The third-order valence-electron chi connectivity index (χ3n) is 7.49. The molecule has 0 atom stereocenters. The highest BCUT2D eigenvalue weighted by Gasteiger charge is 2.33. The van der Waals surface area contributed by atoms with Crippen LogP contribution in [0, 0.1) is 5.92 Å². The second kappa shape index (κ2) is 11.5. The van der Waals surface area contributed by atoms with Crippen LogP contribution in [0.15, 0.2) is 73.1 Å². The number of halogens is 3. The fraction of sp³-hybridized carbons (Fsp3) is 0.323. The van der Waals surface area contributed by atoms with Crippen molar-refractivity contribution in [2.24, 2.45) is 5.92 Å². The largest absolute Gasteiger partial charge is 0.466 e. The monoisotopic (exact) mass is 549 g/mol. The number of aromatic nitrogens is 2. The molecule has 208 valence electrons. The molecule has 0 unspecified atom stereocenters. The van der Waals surface area contributed by atoms with Crippen LogP contribution in [0.25, 0.3) is 16.8 Å². The number of rotatable bonds is 7. The number of hydrogen-bond donors (Lipinski definition) is 1. The number of pyridine rings is 1. The van der Waals surface area contributed by atoms with Gasteiger partial charge in [0.05, 0.1) is 17.9 Å². The molecule has 5 rings (SSSR count). The van der Waals surface area contributed by atoms with Crippen LogP contribution in [0.1, 0.15) is 66.6 Å². The van der Waals surface area contributed by atoms with E-state index in [1.54, 1.807) is 10.5 Å². The molecule has 0 saturated heterocycles. The first-order chi connectivity index (χ1) is 19.2. The van der Waals surface area contributed by atoms with Gasteiger partial charge in [-0.3, -0.25) is 9.59 Å². The molecule has 0 bridgehead atoms. The van der Waals surface area contributed by atoms with Gasteiger partial charge in [0.1, 0.15) is 11.3 Å². The lowest BCUT2D eigenvalue weighted by Gasteiger charge is -2.28. The zero-order valence-electron chi connectivity index (χ0n) is 22.1. The lowest BCUT2D eigenvalue weighted by Crippen LogP contribution is -2.17. The van der Waals surface area contributed by atoms with Gasteiger partial charge in [0.2, 0.25) is 0 Å². The summed E-state index contributed by atoms with van der Waals surface area (Å²) in [5.74, 6) is 0.0305. The van der Waals surface area contributed by atoms with Crippen molar-refractivity contribution in [1.29, 1.82) is 0 Å². The summed E-state index contributed by atoms with van der Waals surface area (Å²) < 4.78 is 46.7. The second-order valence-electron chi connectivity index (χ2n) is 10.2. The average Bonchev–Trinajstić information content (AvgIpc) is 3.37. The number of anilines is 1. The fourth-order valence-corrected chi connectivity index (χ4v) is 5.40. The number of hydrogen-bond acceptors (Lipinski definition) is 4. The molecule has 1 fully saturated rings. The Morgan fingerprint density at radius 3 is 2.35 bits per heavy atom. The summed E-state index contributed by atoms with van der Waals surface area (Å²) in [5.41, 5.74) is 2.50. The van der Waals surface area contributed by atoms with E-state index in [0.29, 0.717) is 30.5 Å². The third kappa shape index (κ3) is 6.19. The minimum Gasteiger partial charge on any atom is -0.466 e. The Hall–Kier alpha value is -4.14. The molecule has 1 amide bonds. The number of fused-ring (bicyclic) bond motifs is 1. The van der Waals surface area contributed by atoms with Crippen molar-refractivity contribution in [1.82, 2.24) is 9.38 Å². The molecule has 1 aliphatic carbocycles. The smallest absolute Gasteiger partial charge is 0.418 e. The second-order valence-corrected chi connectivity index (χ2v) is 10.2. The predicted molar refractivity (Wildman–Crippen MR) is 146 cm³/mol. The van der Waals surface area contributed by atoms with Crippen molar-refractivity contribution in [3.05, 3.63) is 89.9 Å². The Morgan fingerprint density at radius 1 is 0.950 bits per heavy atom. The van der Waals surface area contributed by atoms with E-state index in [1.165, 1.54) is 30.0 Å². The first-order valence-electron chi connectivity index (χ1n) is 13.4. The van der Waals surface area contributed by atoms with Crippen LogP contribution >= 0.6 is 0 Å². The highest BCUT2D eigenvalue weighted by molar-refractivity contribution is 6.03. The highest BCUT2D eigenvalue weighted by Crippen LogP contribution is 2.38. The molecular weight excluding hydrogens is 519 g/mol. The maximum atomic E-state index is 13.3. The molecule has 2 aromatic carbocycles. The van der Waals surface area contributed by atoms with Gasteiger partial charge < -0.3 is 14.5 Å². The van der Waals surface area contributed by atoms with E-state index in [1.807, 2.05) is 19.2 Å². The van der Waals surface area contributed by atoms with E-state index in [0.717, 1.165) is 42.9 Å². The van der Waals surface area contributed by atoms with Gasteiger partial charge in [-0.2, -0.15) is 13.2 Å². The van der Waals surface area contributed by atoms with Crippen molar-refractivity contribution in [2.45, 2.75) is 51.1 Å². The lowest BCUT2D eigenvalue weighted by atomic mass is 9.77. The van der Waals surface area contributed by atoms with Crippen LogP contribution in [-0.2, 0) is 15.7 Å². The van der Waals surface area contributed by atoms with E-state index < -0.39 is 17.6 Å². The average molecular weight is 550 g/mol. The van der Waals surface area contributed by atoms with Gasteiger partial charge in [-0.05, 0) is 85.4 Å². The van der Waals surface area contributed by atoms with Crippen LogP contribution in [0.3, 0.4) is 0 Å². The first-order valence-corrected chi connectivity index (χ1v) is 13.4. The third-order valence-corrected chi connectivity index (χ3v) is 7.49. The summed E-state index contributed by atoms with van der Waals surface area (Å²) in [5, 5.41) is 2.34. The molecule has 1 N–H and O–H groups in total. The maximum absolute atomic E-state index is 13.3. The molecule has 2 aromatic heterocycles. The number of imidazole rings is 1. The molecule has 1 aliphatic rings. The van der Waals surface area contributed by atoms with Crippen LogP contribution in [0.4, 0.5) is 18.9 Å². The SMILES string of the molecule is CCOC(=O)C[C@H]1CC[C@H](c2ccc(-c3ccc4nc(C(=O)Nc5ccccc5C(F)(F)F)cn4c3)cc2)CC1. The molecule has 40 heavy (non-hydrogen) atoms. The van der Waals surface area contributed by atoms with Gasteiger partial charge >= 0.3 is 12.1 Å². The number of carbonyl (C=O) groups excluding carboxylic acids is 2. The summed E-state index contributed by atoms with van der Waals surface area (Å²) in [6, 6.07) is 16.9. The number of benzene rings is 2. The van der Waals surface area contributed by atoms with Gasteiger partial charge in [0, 0.05) is 18.8 Å². The Kier molecular flexibility index (Phi) is 7.91. The van der Waals surface area contributed by atoms with E-state index in [2.05, 4.69) is 34.6 Å². The molecule has 0 spiro atoms. The van der Waals surface area contributed by atoms with Gasteiger partial charge in [0.25, 0.3) is 5.91 Å². The molecule has 1 saturated carbocycles. The van der Waals surface area contributed by atoms with Crippen LogP contribution in [0.5, 0.6) is 0 Å². The Bertz CT molecular complexity index is 1500. The molecule has 0 aliphatic heterocycles. The Balaban J connectivity index is 1.25. The fourth-order valence-electron chi connectivity index (χ4n) is 5.40. The Labute approximate surface area is 230 Å². The normalized spacial score (nSPS) is 17.5. The van der Waals surface area contributed by atoms with E-state index in [4.69, 9.17) is 4.74 Å². The molecule has 0 radical (unpaired) electrons. The number of nitrogens with zero attached hydrogens (tertiary/aromatic N) is 2. The summed E-state index contributed by atoms with van der Waals surface area (Å²) >= 11 is 0. The zero-order chi connectivity index (χ0) is 28.3. The molecule has 9 heteroatoms. The standard InChI is InChI=1S/C31H30F3N3O3/c1-2-40-29(38)17-20-7-9-21(10-8-20)22-11-13-23(14-12-22)24-15-16-28-35-27(19-37(28)18-24)30(39)36-26-6-4-3-5-25(26)31(32,33)34/h3-6,11-16,18-21H,2,7-10,17H2,1H3,(H,36,39)/t20-,21-. The number of amides is 1.